The zero-order valence-corrected chi connectivity index (χ0v) is 21.4. The lowest BCUT2D eigenvalue weighted by atomic mass is 9.91. The number of likely N-dealkylation sites (tertiary alicyclic amines) is 1. The van der Waals surface area contributed by atoms with Crippen molar-refractivity contribution in [2.45, 2.75) is 71.1 Å². The molecule has 0 saturated carbocycles. The Bertz CT molecular complexity index is 1150. The van der Waals surface area contributed by atoms with Crippen LogP contribution in [0.4, 0.5) is 5.82 Å². The highest BCUT2D eigenvalue weighted by Gasteiger charge is 2.37. The topological polar surface area (TPSA) is 63.1 Å². The van der Waals surface area contributed by atoms with Gasteiger partial charge in [-0.2, -0.15) is 5.10 Å². The first-order valence-corrected chi connectivity index (χ1v) is 13.4. The molecule has 0 radical (unpaired) electrons. The molecule has 0 bridgehead atoms. The lowest BCUT2D eigenvalue weighted by Gasteiger charge is -2.25. The van der Waals surface area contributed by atoms with Crippen LogP contribution in [0.15, 0.2) is 30.5 Å². The van der Waals surface area contributed by atoms with Crippen molar-refractivity contribution < 1.29 is 4.79 Å². The van der Waals surface area contributed by atoms with E-state index >= 15 is 0 Å². The van der Waals surface area contributed by atoms with Gasteiger partial charge in [0.05, 0.1) is 17.8 Å². The Balaban J connectivity index is 1.29. The quantitative estimate of drug-likeness (QED) is 0.516. The van der Waals surface area contributed by atoms with Crippen molar-refractivity contribution in [3.63, 3.8) is 0 Å². The third-order valence-corrected chi connectivity index (χ3v) is 8.25. The van der Waals surface area contributed by atoms with Gasteiger partial charge in [-0.05, 0) is 64.3 Å². The predicted molar refractivity (Wildman–Crippen MR) is 138 cm³/mol. The molecule has 34 heavy (non-hydrogen) atoms. The molecule has 0 atom stereocenters. The van der Waals surface area contributed by atoms with E-state index in [1.807, 2.05) is 10.9 Å². The van der Waals surface area contributed by atoms with Gasteiger partial charge in [0, 0.05) is 28.6 Å². The number of benzene rings is 1. The number of carbonyl (C=O) groups excluding carboxylic acids is 1. The number of hydrogen-bond donors (Lipinski definition) is 1. The van der Waals surface area contributed by atoms with Gasteiger partial charge >= 0.3 is 0 Å². The van der Waals surface area contributed by atoms with E-state index in [-0.39, 0.29) is 11.3 Å². The molecule has 180 valence electrons. The van der Waals surface area contributed by atoms with Gasteiger partial charge in [0.1, 0.15) is 10.8 Å². The molecule has 1 aliphatic carbocycles. The number of piperidine rings is 1. The fourth-order valence-corrected chi connectivity index (χ4v) is 6.01. The van der Waals surface area contributed by atoms with Crippen LogP contribution in [-0.4, -0.2) is 45.2 Å². The Kier molecular flexibility index (Phi) is 6.58. The maximum Gasteiger partial charge on any atom is 0.232 e. The molecule has 3 aromatic rings. The zero-order chi connectivity index (χ0) is 23.7. The molecule has 6 nitrogen and oxygen atoms in total. The smallest absolute Gasteiger partial charge is 0.232 e. The maximum absolute atomic E-state index is 13.1. The molecule has 1 saturated heterocycles. The number of nitrogens with one attached hydrogen (secondary N) is 1. The number of anilines is 1. The van der Waals surface area contributed by atoms with Crippen LogP contribution >= 0.6 is 11.3 Å². The Hall–Kier alpha value is -2.51. The van der Waals surface area contributed by atoms with Crippen molar-refractivity contribution in [2.75, 3.05) is 25.0 Å². The Morgan fingerprint density at radius 2 is 1.91 bits per heavy atom. The molecule has 7 heteroatoms. The van der Waals surface area contributed by atoms with E-state index in [2.05, 4.69) is 60.2 Å². The second-order valence-electron chi connectivity index (χ2n) is 10.4. The lowest BCUT2D eigenvalue weighted by Crippen LogP contribution is -2.31. The number of amides is 1. The number of thiazole rings is 1. The third-order valence-electron chi connectivity index (χ3n) is 7.20. The molecule has 1 aliphatic heterocycles. The Morgan fingerprint density at radius 3 is 2.68 bits per heavy atom. The van der Waals surface area contributed by atoms with Crippen molar-refractivity contribution in [3.05, 3.63) is 57.2 Å². The third kappa shape index (κ3) is 4.96. The summed E-state index contributed by atoms with van der Waals surface area (Å²) >= 11 is 1.67. The van der Waals surface area contributed by atoms with Gasteiger partial charge in [-0.1, -0.05) is 38.0 Å². The van der Waals surface area contributed by atoms with Gasteiger partial charge in [-0.3, -0.25) is 4.79 Å². The highest BCUT2D eigenvalue weighted by molar-refractivity contribution is 7.11. The second kappa shape index (κ2) is 9.62. The van der Waals surface area contributed by atoms with Crippen molar-refractivity contribution >= 4 is 23.1 Å². The summed E-state index contributed by atoms with van der Waals surface area (Å²) in [5.41, 5.74) is 4.45. The van der Waals surface area contributed by atoms with Gasteiger partial charge in [0.25, 0.3) is 0 Å². The number of rotatable bonds is 7. The van der Waals surface area contributed by atoms with Gasteiger partial charge in [-0.25, -0.2) is 9.67 Å². The van der Waals surface area contributed by atoms with Crippen LogP contribution in [0.3, 0.4) is 0 Å². The number of nitrogens with zero attached hydrogens (tertiary/aromatic N) is 4. The van der Waals surface area contributed by atoms with Crippen LogP contribution < -0.4 is 5.32 Å². The Labute approximate surface area is 206 Å². The largest absolute Gasteiger partial charge is 0.310 e. The fourth-order valence-electron chi connectivity index (χ4n) is 5.10. The maximum atomic E-state index is 13.1. The van der Waals surface area contributed by atoms with Crippen molar-refractivity contribution in [2.24, 2.45) is 0 Å². The lowest BCUT2D eigenvalue weighted by molar-refractivity contribution is -0.115. The number of aromatic nitrogens is 3. The molecule has 1 N–H and O–H groups in total. The van der Waals surface area contributed by atoms with Crippen molar-refractivity contribution in [1.29, 1.82) is 0 Å². The molecule has 3 heterocycles. The summed E-state index contributed by atoms with van der Waals surface area (Å²) in [5, 5.41) is 9.04. The summed E-state index contributed by atoms with van der Waals surface area (Å²) in [5.74, 6) is 0.786. The van der Waals surface area contributed by atoms with Gasteiger partial charge in [0.15, 0.2) is 0 Å². The molecule has 0 unspecified atom stereocenters. The number of carbonyl (C=O) groups is 1. The average molecular weight is 478 g/mol. The van der Waals surface area contributed by atoms with Crippen LogP contribution in [-0.2, 0) is 29.5 Å². The SMILES string of the molecule is Cc1ccc(-n2nc3c(c2NC(=O)Cc2ncc(CCN4CCCCC4)s2)CCC3(C)C)cc1. The van der Waals surface area contributed by atoms with Crippen LogP contribution in [0.25, 0.3) is 5.69 Å². The molecule has 1 amide bonds. The molecular formula is C27H35N5OS. The molecular weight excluding hydrogens is 442 g/mol. The Morgan fingerprint density at radius 1 is 1.15 bits per heavy atom. The zero-order valence-electron chi connectivity index (χ0n) is 20.6. The van der Waals surface area contributed by atoms with Crippen LogP contribution in [0.2, 0.25) is 0 Å². The van der Waals surface area contributed by atoms with E-state index in [0.717, 1.165) is 48.0 Å². The summed E-state index contributed by atoms with van der Waals surface area (Å²) in [4.78, 5) is 21.5. The van der Waals surface area contributed by atoms with Gasteiger partial charge in [0.2, 0.25) is 5.91 Å². The molecule has 2 aliphatic rings. The number of hydrogen-bond acceptors (Lipinski definition) is 5. The van der Waals surface area contributed by atoms with E-state index in [1.54, 1.807) is 11.3 Å². The van der Waals surface area contributed by atoms with Crippen LogP contribution in [0.1, 0.15) is 66.2 Å². The highest BCUT2D eigenvalue weighted by Crippen LogP contribution is 2.42. The van der Waals surface area contributed by atoms with Crippen molar-refractivity contribution in [3.8, 4) is 5.69 Å². The second-order valence-corrected chi connectivity index (χ2v) is 11.6. The summed E-state index contributed by atoms with van der Waals surface area (Å²) in [6.07, 6.45) is 9.24. The van der Waals surface area contributed by atoms with E-state index in [1.165, 1.54) is 48.4 Å². The summed E-state index contributed by atoms with van der Waals surface area (Å²) in [6.45, 7) is 10.1. The standard InChI is InChI=1S/C27H35N5OS/c1-19-7-9-20(10-8-19)32-26(22-11-13-27(2,3)25(22)30-32)29-23(33)17-24-28-18-21(34-24)12-16-31-14-5-4-6-15-31/h7-10,18H,4-6,11-17H2,1-3H3,(H,29,33). The predicted octanol–water partition coefficient (Wildman–Crippen LogP) is 5.07. The van der Waals surface area contributed by atoms with E-state index in [4.69, 9.17) is 5.10 Å². The minimum atomic E-state index is -0.0299. The normalized spacial score (nSPS) is 17.6. The minimum absolute atomic E-state index is 0.0172. The van der Waals surface area contributed by atoms with E-state index in [0.29, 0.717) is 6.42 Å². The first kappa shape index (κ1) is 23.2. The van der Waals surface area contributed by atoms with Gasteiger partial charge < -0.3 is 10.2 Å². The molecule has 2 aromatic heterocycles. The van der Waals surface area contributed by atoms with E-state index in [9.17, 15) is 4.79 Å². The van der Waals surface area contributed by atoms with Crippen molar-refractivity contribution in [1.82, 2.24) is 19.7 Å². The molecule has 0 spiro atoms. The van der Waals surface area contributed by atoms with Crippen LogP contribution in [0, 0.1) is 6.92 Å². The van der Waals surface area contributed by atoms with Crippen LogP contribution in [0.5, 0.6) is 0 Å². The monoisotopic (exact) mass is 477 g/mol. The minimum Gasteiger partial charge on any atom is -0.310 e. The van der Waals surface area contributed by atoms with E-state index < -0.39 is 0 Å². The fraction of sp³-hybridized carbons (Fsp3) is 0.519. The first-order chi connectivity index (χ1) is 16.4. The highest BCUT2D eigenvalue weighted by atomic mass is 32.1. The summed E-state index contributed by atoms with van der Waals surface area (Å²) < 4.78 is 1.91. The summed E-state index contributed by atoms with van der Waals surface area (Å²) in [6, 6.07) is 8.30. The summed E-state index contributed by atoms with van der Waals surface area (Å²) in [7, 11) is 0. The molecule has 5 rings (SSSR count). The molecule has 1 fully saturated rings. The average Bonchev–Trinajstić information content (AvgIpc) is 3.50. The first-order valence-electron chi connectivity index (χ1n) is 12.5. The number of fused-ring (bicyclic) bond motifs is 1. The number of aryl methyl sites for hydroxylation is 1. The van der Waals surface area contributed by atoms with Gasteiger partial charge in [-0.15, -0.1) is 11.3 Å². The molecule has 1 aromatic carbocycles.